The Morgan fingerprint density at radius 1 is 1.17 bits per heavy atom. The molecule has 0 spiro atoms. The molecular formula is C22H19F5N6O2. The van der Waals surface area contributed by atoms with Crippen LogP contribution in [0.1, 0.15) is 43.5 Å². The predicted molar refractivity (Wildman–Crippen MR) is 111 cm³/mol. The van der Waals surface area contributed by atoms with Crippen LogP contribution in [0, 0.1) is 24.5 Å². The number of halogens is 5. The van der Waals surface area contributed by atoms with E-state index in [4.69, 9.17) is 4.42 Å². The van der Waals surface area contributed by atoms with Gasteiger partial charge < -0.3 is 14.6 Å². The summed E-state index contributed by atoms with van der Waals surface area (Å²) < 4.78 is 74.4. The van der Waals surface area contributed by atoms with Crippen LogP contribution in [0.5, 0.6) is 0 Å². The van der Waals surface area contributed by atoms with Crippen molar-refractivity contribution in [3.05, 3.63) is 53.5 Å². The van der Waals surface area contributed by atoms with Gasteiger partial charge in [0.25, 0.3) is 0 Å². The third-order valence-electron chi connectivity index (χ3n) is 6.42. The number of rotatable bonds is 3. The van der Waals surface area contributed by atoms with E-state index in [1.165, 1.54) is 4.90 Å². The van der Waals surface area contributed by atoms with E-state index >= 15 is 0 Å². The lowest BCUT2D eigenvalue weighted by Gasteiger charge is -2.61. The molecular weight excluding hydrogens is 475 g/mol. The van der Waals surface area contributed by atoms with Crippen molar-refractivity contribution in [2.45, 2.75) is 50.9 Å². The van der Waals surface area contributed by atoms with Crippen molar-refractivity contribution < 1.29 is 31.2 Å². The Balaban J connectivity index is 1.51. The van der Waals surface area contributed by atoms with Crippen molar-refractivity contribution in [1.82, 2.24) is 25.1 Å². The van der Waals surface area contributed by atoms with Crippen LogP contribution in [0.4, 0.5) is 32.4 Å². The van der Waals surface area contributed by atoms with Crippen molar-refractivity contribution in [3.63, 3.8) is 0 Å². The van der Waals surface area contributed by atoms with Crippen LogP contribution in [-0.2, 0) is 11.7 Å². The summed E-state index contributed by atoms with van der Waals surface area (Å²) >= 11 is 0. The summed E-state index contributed by atoms with van der Waals surface area (Å²) in [6, 6.07) is 0.163. The molecule has 1 aliphatic carbocycles. The van der Waals surface area contributed by atoms with E-state index in [0.717, 1.165) is 6.07 Å². The maximum atomic E-state index is 14.8. The van der Waals surface area contributed by atoms with Gasteiger partial charge in [0.05, 0.1) is 23.6 Å². The number of aryl methyl sites for hydroxylation is 1. The zero-order chi connectivity index (χ0) is 25.1. The quantitative estimate of drug-likeness (QED) is 0.511. The van der Waals surface area contributed by atoms with Crippen LogP contribution in [0.3, 0.4) is 0 Å². The molecule has 1 N–H and O–H groups in total. The third-order valence-corrected chi connectivity index (χ3v) is 6.42. The van der Waals surface area contributed by atoms with E-state index in [1.807, 2.05) is 6.92 Å². The molecule has 2 aromatic heterocycles. The Morgan fingerprint density at radius 2 is 1.89 bits per heavy atom. The number of benzene rings is 1. The van der Waals surface area contributed by atoms with Crippen molar-refractivity contribution in [1.29, 1.82) is 0 Å². The summed E-state index contributed by atoms with van der Waals surface area (Å²) in [6.07, 6.45) is -1.72. The molecule has 0 unspecified atom stereocenters. The minimum Gasteiger partial charge on any atom is -0.423 e. The Bertz CT molecular complexity index is 1290. The van der Waals surface area contributed by atoms with E-state index in [1.54, 1.807) is 6.92 Å². The van der Waals surface area contributed by atoms with Gasteiger partial charge in [0.15, 0.2) is 11.6 Å². The summed E-state index contributed by atoms with van der Waals surface area (Å²) in [5.74, 6) is -1.76. The fraction of sp³-hybridized carbons (Fsp3) is 0.409. The van der Waals surface area contributed by atoms with Gasteiger partial charge in [-0.05, 0) is 30.9 Å². The number of hydrogen-bond acceptors (Lipinski definition) is 6. The van der Waals surface area contributed by atoms with Crippen LogP contribution in [-0.4, -0.2) is 37.1 Å². The normalized spacial score (nSPS) is 23.7. The Hall–Kier alpha value is -3.64. The number of nitrogens with zero attached hydrogens (tertiary/aromatic N) is 5. The Morgan fingerprint density at radius 3 is 2.51 bits per heavy atom. The number of likely N-dealkylation sites (tertiary alicyclic amines) is 1. The lowest BCUT2D eigenvalue weighted by atomic mass is 9.64. The second-order valence-electron chi connectivity index (χ2n) is 8.96. The minimum absolute atomic E-state index is 0.177. The molecule has 1 aliphatic heterocycles. The molecule has 184 valence electrons. The van der Waals surface area contributed by atoms with Gasteiger partial charge in [-0.2, -0.15) is 13.2 Å². The summed E-state index contributed by atoms with van der Waals surface area (Å²) in [5, 5.41) is 10.3. The zero-order valence-electron chi connectivity index (χ0n) is 18.5. The highest BCUT2D eigenvalue weighted by Gasteiger charge is 2.62. The smallest absolute Gasteiger partial charge is 0.417 e. The van der Waals surface area contributed by atoms with Gasteiger partial charge in [-0.15, -0.1) is 10.2 Å². The fourth-order valence-corrected chi connectivity index (χ4v) is 5.15. The summed E-state index contributed by atoms with van der Waals surface area (Å²) in [5.41, 5.74) is -3.33. The monoisotopic (exact) mass is 494 g/mol. The van der Waals surface area contributed by atoms with Crippen LogP contribution in [0.15, 0.2) is 28.9 Å². The molecule has 35 heavy (non-hydrogen) atoms. The molecule has 5 rings (SSSR count). The molecule has 2 aliphatic rings. The van der Waals surface area contributed by atoms with E-state index in [-0.39, 0.29) is 23.9 Å². The van der Waals surface area contributed by atoms with Crippen molar-refractivity contribution in [2.75, 3.05) is 5.32 Å². The molecule has 8 nitrogen and oxygen atoms in total. The Labute approximate surface area is 195 Å². The number of anilines is 1. The second-order valence-corrected chi connectivity index (χ2v) is 8.96. The molecule has 1 aromatic carbocycles. The molecule has 2 fully saturated rings. The third kappa shape index (κ3) is 3.88. The Kier molecular flexibility index (Phi) is 5.25. The van der Waals surface area contributed by atoms with Gasteiger partial charge in [-0.25, -0.2) is 23.5 Å². The molecule has 2 bridgehead atoms. The van der Waals surface area contributed by atoms with Gasteiger partial charge in [0.1, 0.15) is 11.4 Å². The van der Waals surface area contributed by atoms with E-state index in [9.17, 15) is 26.7 Å². The molecule has 1 saturated heterocycles. The minimum atomic E-state index is -4.94. The van der Waals surface area contributed by atoms with Crippen LogP contribution >= 0.6 is 0 Å². The van der Waals surface area contributed by atoms with Gasteiger partial charge in [-0.3, -0.25) is 0 Å². The first-order valence-corrected chi connectivity index (χ1v) is 10.8. The summed E-state index contributed by atoms with van der Waals surface area (Å²) in [6.45, 7) is 3.65. The van der Waals surface area contributed by atoms with E-state index in [2.05, 4.69) is 25.5 Å². The van der Waals surface area contributed by atoms with Crippen molar-refractivity contribution in [3.8, 4) is 11.4 Å². The highest BCUT2D eigenvalue weighted by Crippen LogP contribution is 2.55. The number of alkyl halides is 3. The number of carbonyl (C=O) groups excluding carboxylic acids is 1. The van der Waals surface area contributed by atoms with Gasteiger partial charge in [0, 0.05) is 24.9 Å². The number of nitrogens with one attached hydrogen (secondary N) is 1. The van der Waals surface area contributed by atoms with Gasteiger partial charge in [-0.1, -0.05) is 6.92 Å². The number of aromatic nitrogens is 4. The van der Waals surface area contributed by atoms with E-state index in [0.29, 0.717) is 37.5 Å². The molecule has 1 saturated carbocycles. The highest BCUT2D eigenvalue weighted by molar-refractivity contribution is 5.92. The maximum absolute atomic E-state index is 14.8. The number of piperidine rings is 1. The first-order chi connectivity index (χ1) is 16.5. The van der Waals surface area contributed by atoms with Crippen LogP contribution in [0.2, 0.25) is 0 Å². The summed E-state index contributed by atoms with van der Waals surface area (Å²) in [4.78, 5) is 21.9. The van der Waals surface area contributed by atoms with Crippen LogP contribution in [0.25, 0.3) is 11.4 Å². The van der Waals surface area contributed by atoms with Gasteiger partial charge in [0.2, 0.25) is 11.8 Å². The van der Waals surface area contributed by atoms with E-state index < -0.39 is 52.0 Å². The molecule has 3 heterocycles. The van der Waals surface area contributed by atoms with Crippen molar-refractivity contribution >= 4 is 11.7 Å². The van der Waals surface area contributed by atoms with Crippen LogP contribution < -0.4 is 5.32 Å². The molecule has 13 heteroatoms. The number of fused-ring (bicyclic) bond motifs is 2. The SMILES string of the molecule is Cc1nnc([C@@]23C[C@@H](C)C[C@@H](C2)N3C(=O)Nc2cc(-c3ncc(F)cn3)c(C(F)(F)F)cc2F)o1. The molecule has 2 amide bonds. The number of amides is 2. The average Bonchev–Trinajstić information content (AvgIpc) is 3.21. The topological polar surface area (TPSA) is 97.0 Å². The predicted octanol–water partition coefficient (Wildman–Crippen LogP) is 5.06. The number of urea groups is 1. The number of hydrogen-bond donors (Lipinski definition) is 1. The van der Waals surface area contributed by atoms with Gasteiger partial charge >= 0.3 is 12.2 Å². The lowest BCUT2D eigenvalue weighted by Crippen LogP contribution is -2.70. The maximum Gasteiger partial charge on any atom is 0.417 e. The van der Waals surface area contributed by atoms with Crippen molar-refractivity contribution in [2.24, 2.45) is 5.92 Å². The zero-order valence-corrected chi connectivity index (χ0v) is 18.5. The molecule has 0 radical (unpaired) electrons. The largest absolute Gasteiger partial charge is 0.423 e. The lowest BCUT2D eigenvalue weighted by molar-refractivity contribution is -0.137. The molecule has 3 aromatic rings. The average molecular weight is 494 g/mol. The first-order valence-electron chi connectivity index (χ1n) is 10.8. The molecule has 3 atom stereocenters. The standard InChI is InChI=1S/C22H19F5N6O2/c1-10-3-13-7-21(6-10,19-32-31-11(2)35-19)33(13)20(34)30-17-4-14(18-28-8-12(23)9-29-18)15(5-16(17)24)22(25,26)27/h4-5,8-10,13H,3,6-7H2,1-2H3,(H,30,34)/t10-,13-,21+/m0/s1. The second kappa shape index (κ2) is 7.95. The number of carbonyl (C=O) groups is 1. The highest BCUT2D eigenvalue weighted by atomic mass is 19.4. The summed E-state index contributed by atoms with van der Waals surface area (Å²) in [7, 11) is 0. The fourth-order valence-electron chi connectivity index (χ4n) is 5.15. The first kappa shape index (κ1) is 23.1.